The van der Waals surface area contributed by atoms with E-state index in [0.29, 0.717) is 13.1 Å². The Morgan fingerprint density at radius 1 is 0.900 bits per heavy atom. The number of hydrogen-bond donors (Lipinski definition) is 6. The van der Waals surface area contributed by atoms with Gasteiger partial charge in [0.05, 0.1) is 0 Å². The Bertz CT molecular complexity index is 383. The van der Waals surface area contributed by atoms with Crippen molar-refractivity contribution in [3.8, 4) is 0 Å². The Kier molecular flexibility index (Phi) is 6.83. The molecule has 1 aliphatic rings. The Morgan fingerprint density at radius 3 is 1.80 bits per heavy atom. The molecule has 1 fully saturated rings. The largest absolute Gasteiger partial charge is 0.359 e. The van der Waals surface area contributed by atoms with Gasteiger partial charge in [0.15, 0.2) is 5.40 Å². The maximum atomic E-state index is 11.8. The highest BCUT2D eigenvalue weighted by Crippen LogP contribution is 2.50. The van der Waals surface area contributed by atoms with Crippen molar-refractivity contribution in [3.05, 3.63) is 0 Å². The predicted octanol–water partition coefficient (Wildman–Crippen LogP) is 0.529. The van der Waals surface area contributed by atoms with Crippen molar-refractivity contribution >= 4 is 15.2 Å². The van der Waals surface area contributed by atoms with Crippen LogP contribution in [0, 0.1) is 0 Å². The first-order valence-corrected chi connectivity index (χ1v) is 10.2. The fourth-order valence-electron chi connectivity index (χ4n) is 2.33. The number of hydrogen-bond acceptors (Lipinski definition) is 4. The Hall–Kier alpha value is 0.220. The smallest absolute Gasteiger partial charge is 0.324 e. The summed E-state index contributed by atoms with van der Waals surface area (Å²) in [6, 6.07) is 0. The SMILES string of the molecule is O=P(O)(O)CCCC1(P(=O)(O)O)NCCCCCCN1. The van der Waals surface area contributed by atoms with Crippen LogP contribution in [0.4, 0.5) is 0 Å². The third-order valence-corrected chi connectivity index (χ3v) is 5.86. The summed E-state index contributed by atoms with van der Waals surface area (Å²) in [5.41, 5.74) is 0. The van der Waals surface area contributed by atoms with E-state index in [9.17, 15) is 18.9 Å². The predicted molar refractivity (Wildman–Crippen MR) is 75.4 cm³/mol. The highest BCUT2D eigenvalue weighted by molar-refractivity contribution is 7.53. The van der Waals surface area contributed by atoms with Crippen molar-refractivity contribution in [2.75, 3.05) is 19.3 Å². The first-order valence-electron chi connectivity index (χ1n) is 6.77. The summed E-state index contributed by atoms with van der Waals surface area (Å²) < 4.78 is 22.7. The van der Waals surface area contributed by atoms with Gasteiger partial charge in [-0.2, -0.15) is 0 Å². The first kappa shape index (κ1) is 18.3. The zero-order chi connectivity index (χ0) is 15.3. The van der Waals surface area contributed by atoms with Gasteiger partial charge in [0, 0.05) is 6.16 Å². The summed E-state index contributed by atoms with van der Waals surface area (Å²) in [5, 5.41) is 4.17. The second kappa shape index (κ2) is 7.47. The van der Waals surface area contributed by atoms with Crippen LogP contribution in [0.1, 0.15) is 38.5 Å². The molecule has 0 unspecified atom stereocenters. The Labute approximate surface area is 118 Å². The molecular weight excluding hydrogens is 306 g/mol. The summed E-state index contributed by atoms with van der Waals surface area (Å²) in [6.45, 7) is 0.933. The van der Waals surface area contributed by atoms with Crippen LogP contribution < -0.4 is 10.6 Å². The normalized spacial score (nSPS) is 21.8. The molecule has 1 aliphatic heterocycles. The molecular formula is C10H24N2O6P2. The molecule has 0 bridgehead atoms. The lowest BCUT2D eigenvalue weighted by Gasteiger charge is -2.36. The Balaban J connectivity index is 2.78. The van der Waals surface area contributed by atoms with E-state index in [1.807, 2.05) is 0 Å². The summed E-state index contributed by atoms with van der Waals surface area (Å²) in [7, 11) is -8.65. The quantitative estimate of drug-likeness (QED) is 0.401. The van der Waals surface area contributed by atoms with Crippen LogP contribution in [0.2, 0.25) is 0 Å². The average molecular weight is 330 g/mol. The molecule has 0 atom stereocenters. The number of rotatable bonds is 5. The van der Waals surface area contributed by atoms with Crippen molar-refractivity contribution in [3.63, 3.8) is 0 Å². The molecule has 0 amide bonds. The van der Waals surface area contributed by atoms with E-state index in [4.69, 9.17) is 9.79 Å². The zero-order valence-corrected chi connectivity index (χ0v) is 13.2. The molecule has 10 heteroatoms. The summed E-state index contributed by atoms with van der Waals surface area (Å²) in [5.74, 6) is 0. The maximum absolute atomic E-state index is 11.8. The molecule has 6 N–H and O–H groups in total. The van der Waals surface area contributed by atoms with Crippen LogP contribution in [0.3, 0.4) is 0 Å². The minimum atomic E-state index is -4.50. The second-order valence-corrected chi connectivity index (χ2v) is 8.79. The van der Waals surface area contributed by atoms with Crippen LogP contribution >= 0.6 is 15.2 Å². The zero-order valence-electron chi connectivity index (χ0n) is 11.4. The van der Waals surface area contributed by atoms with Gasteiger partial charge >= 0.3 is 15.2 Å². The van der Waals surface area contributed by atoms with Crippen molar-refractivity contribution in [2.45, 2.75) is 43.9 Å². The standard InChI is InChI=1S/C10H24N2O6P2/c13-19(14,15)9-5-6-10(20(16,17)18)11-7-3-1-2-4-8-12-10/h11-12H,1-9H2,(H2,13,14,15)(H2,16,17,18). The van der Waals surface area contributed by atoms with E-state index in [1.165, 1.54) is 0 Å². The molecule has 0 saturated carbocycles. The minimum absolute atomic E-state index is 0.0254. The van der Waals surface area contributed by atoms with Crippen LogP contribution in [0.15, 0.2) is 0 Å². The lowest BCUT2D eigenvalue weighted by molar-refractivity contribution is 0.249. The van der Waals surface area contributed by atoms with Gasteiger partial charge in [-0.05, 0) is 38.8 Å². The lowest BCUT2D eigenvalue weighted by Crippen LogP contribution is -2.56. The van der Waals surface area contributed by atoms with Gasteiger partial charge in [0.2, 0.25) is 0 Å². The fraction of sp³-hybridized carbons (Fsp3) is 1.00. The molecule has 1 heterocycles. The van der Waals surface area contributed by atoms with E-state index in [-0.39, 0.29) is 19.0 Å². The lowest BCUT2D eigenvalue weighted by atomic mass is 10.2. The maximum Gasteiger partial charge on any atom is 0.359 e. The molecule has 8 nitrogen and oxygen atoms in total. The van der Waals surface area contributed by atoms with Crippen LogP contribution in [-0.2, 0) is 9.13 Å². The molecule has 1 rings (SSSR count). The molecule has 0 aromatic heterocycles. The van der Waals surface area contributed by atoms with Gasteiger partial charge in [0.1, 0.15) is 0 Å². The van der Waals surface area contributed by atoms with Gasteiger partial charge in [-0.1, -0.05) is 12.8 Å². The third kappa shape index (κ3) is 5.92. The number of nitrogens with one attached hydrogen (secondary N) is 2. The molecule has 1 saturated heterocycles. The van der Waals surface area contributed by atoms with Gasteiger partial charge in [-0.3, -0.25) is 19.8 Å². The van der Waals surface area contributed by atoms with Crippen molar-refractivity contribution < 1.29 is 28.7 Å². The molecule has 120 valence electrons. The fourth-order valence-corrected chi connectivity index (χ4v) is 3.98. The van der Waals surface area contributed by atoms with Crippen LogP contribution in [0.25, 0.3) is 0 Å². The van der Waals surface area contributed by atoms with Gasteiger partial charge in [0.25, 0.3) is 0 Å². The molecule has 0 radical (unpaired) electrons. The van der Waals surface area contributed by atoms with Crippen LogP contribution in [-0.4, -0.2) is 44.2 Å². The highest BCUT2D eigenvalue weighted by atomic mass is 31.2. The second-order valence-electron chi connectivity index (χ2n) is 5.16. The van der Waals surface area contributed by atoms with E-state index < -0.39 is 20.6 Å². The van der Waals surface area contributed by atoms with Crippen molar-refractivity contribution in [1.82, 2.24) is 10.6 Å². The van der Waals surface area contributed by atoms with Gasteiger partial charge < -0.3 is 19.6 Å². The third-order valence-electron chi connectivity index (χ3n) is 3.42. The first-order chi connectivity index (χ1) is 9.16. The minimum Gasteiger partial charge on any atom is -0.324 e. The van der Waals surface area contributed by atoms with Crippen molar-refractivity contribution in [1.29, 1.82) is 0 Å². The van der Waals surface area contributed by atoms with E-state index in [2.05, 4.69) is 10.6 Å². The van der Waals surface area contributed by atoms with Gasteiger partial charge in [-0.15, -0.1) is 0 Å². The molecule has 0 aromatic carbocycles. The summed E-state index contributed by atoms with van der Waals surface area (Å²) in [4.78, 5) is 37.0. The Morgan fingerprint density at radius 2 is 1.40 bits per heavy atom. The topological polar surface area (TPSA) is 139 Å². The molecule has 20 heavy (non-hydrogen) atoms. The van der Waals surface area contributed by atoms with Crippen molar-refractivity contribution in [2.24, 2.45) is 0 Å². The molecule has 0 aromatic rings. The summed E-state index contributed by atoms with van der Waals surface area (Å²) >= 11 is 0. The monoisotopic (exact) mass is 330 g/mol. The highest BCUT2D eigenvalue weighted by Gasteiger charge is 2.46. The van der Waals surface area contributed by atoms with E-state index in [1.54, 1.807) is 0 Å². The molecule has 0 aliphatic carbocycles. The van der Waals surface area contributed by atoms with E-state index in [0.717, 1.165) is 25.7 Å². The molecule has 0 spiro atoms. The van der Waals surface area contributed by atoms with E-state index >= 15 is 0 Å². The average Bonchev–Trinajstić information content (AvgIpc) is 2.39. The summed E-state index contributed by atoms with van der Waals surface area (Å²) in [6.07, 6.45) is 3.27. The van der Waals surface area contributed by atoms with Gasteiger partial charge in [-0.25, -0.2) is 0 Å². The van der Waals surface area contributed by atoms with Crippen LogP contribution in [0.5, 0.6) is 0 Å².